The molecule has 4 heteroatoms. The predicted molar refractivity (Wildman–Crippen MR) is 41.1 cm³/mol. The minimum Gasteiger partial charge on any atom is -0.336 e. The number of urea groups is 1. The van der Waals surface area contributed by atoms with Crippen molar-refractivity contribution in [2.24, 2.45) is 0 Å². The highest BCUT2D eigenvalue weighted by atomic mass is 31.0. The summed E-state index contributed by atoms with van der Waals surface area (Å²) in [5.41, 5.74) is 0. The molecule has 0 radical (unpaired) electrons. The Bertz CT molecular complexity index is 103. The number of carbonyl (C=O) groups excluding carboxylic acids is 1. The van der Waals surface area contributed by atoms with Crippen LogP contribution in [0.4, 0.5) is 4.79 Å². The maximum Gasteiger partial charge on any atom is 0.320 e. The maximum absolute atomic E-state index is 10.7. The summed E-state index contributed by atoms with van der Waals surface area (Å²) in [7, 11) is 3.97. The molecule has 0 saturated heterocycles. The highest BCUT2D eigenvalue weighted by Gasteiger charge is 2.02. The van der Waals surface area contributed by atoms with E-state index in [4.69, 9.17) is 0 Å². The first-order valence-electron chi connectivity index (χ1n) is 2.83. The van der Waals surface area contributed by atoms with E-state index in [1.165, 1.54) is 4.67 Å². The first-order chi connectivity index (χ1) is 4.04. The van der Waals surface area contributed by atoms with Crippen LogP contribution in [0, 0.1) is 0 Å². The van der Waals surface area contributed by atoms with Crippen molar-refractivity contribution < 1.29 is 4.79 Å². The van der Waals surface area contributed by atoms with E-state index in [-0.39, 0.29) is 12.1 Å². The van der Waals surface area contributed by atoms with E-state index in [1.54, 1.807) is 7.05 Å². The zero-order valence-corrected chi connectivity index (χ0v) is 7.16. The van der Waals surface area contributed by atoms with Crippen molar-refractivity contribution in [2.45, 2.75) is 19.9 Å². The van der Waals surface area contributed by atoms with Gasteiger partial charge in [0.2, 0.25) is 0 Å². The van der Waals surface area contributed by atoms with E-state index >= 15 is 0 Å². The zero-order valence-electron chi connectivity index (χ0n) is 6.01. The molecule has 0 spiro atoms. The molecule has 0 aromatic rings. The molecule has 1 atom stereocenters. The summed E-state index contributed by atoms with van der Waals surface area (Å²) < 4.78 is 1.43. The van der Waals surface area contributed by atoms with Gasteiger partial charge in [0.15, 0.2) is 0 Å². The molecular formula is C5H13N2OP. The number of hydrogen-bond acceptors (Lipinski definition) is 1. The van der Waals surface area contributed by atoms with Crippen LogP contribution < -0.4 is 5.32 Å². The Balaban J connectivity index is 3.51. The minimum atomic E-state index is -0.0741. The van der Waals surface area contributed by atoms with Gasteiger partial charge in [-0.05, 0) is 23.2 Å². The molecule has 2 amide bonds. The predicted octanol–water partition coefficient (Wildman–Crippen LogP) is 0.826. The minimum absolute atomic E-state index is 0.0741. The van der Waals surface area contributed by atoms with Gasteiger partial charge in [0.1, 0.15) is 0 Å². The van der Waals surface area contributed by atoms with Crippen LogP contribution in [-0.4, -0.2) is 23.8 Å². The smallest absolute Gasteiger partial charge is 0.320 e. The molecule has 0 heterocycles. The van der Waals surface area contributed by atoms with Crippen LogP contribution in [0.25, 0.3) is 0 Å². The van der Waals surface area contributed by atoms with Crippen LogP contribution >= 0.6 is 9.39 Å². The summed E-state index contributed by atoms with van der Waals surface area (Å²) in [5.74, 6) is 0. The summed E-state index contributed by atoms with van der Waals surface area (Å²) in [6, 6.07) is 0.135. The molecule has 1 N–H and O–H groups in total. The number of carbonyl (C=O) groups is 1. The van der Waals surface area contributed by atoms with Gasteiger partial charge in [-0.1, -0.05) is 0 Å². The lowest BCUT2D eigenvalue weighted by Crippen LogP contribution is -2.35. The molecule has 54 valence electrons. The van der Waals surface area contributed by atoms with Gasteiger partial charge in [-0.15, -0.1) is 0 Å². The Morgan fingerprint density at radius 1 is 1.67 bits per heavy atom. The van der Waals surface area contributed by atoms with Gasteiger partial charge in [-0.2, -0.15) is 0 Å². The molecule has 0 aromatic carbocycles. The van der Waals surface area contributed by atoms with E-state index in [2.05, 4.69) is 14.7 Å². The van der Waals surface area contributed by atoms with Crippen LogP contribution in [0.15, 0.2) is 0 Å². The lowest BCUT2D eigenvalue weighted by Gasteiger charge is -2.13. The monoisotopic (exact) mass is 148 g/mol. The van der Waals surface area contributed by atoms with E-state index in [9.17, 15) is 4.79 Å². The summed E-state index contributed by atoms with van der Waals surface area (Å²) in [6.45, 7) is 3.85. The van der Waals surface area contributed by atoms with Gasteiger partial charge in [-0.3, -0.25) is 0 Å². The van der Waals surface area contributed by atoms with Crippen LogP contribution in [0.1, 0.15) is 13.8 Å². The third kappa shape index (κ3) is 4.22. The largest absolute Gasteiger partial charge is 0.336 e. The fourth-order valence-corrected chi connectivity index (χ4v) is 0.423. The Labute approximate surface area is 58.1 Å². The molecule has 0 aliphatic rings. The summed E-state index contributed by atoms with van der Waals surface area (Å²) in [4.78, 5) is 10.7. The van der Waals surface area contributed by atoms with Crippen molar-refractivity contribution in [3.63, 3.8) is 0 Å². The van der Waals surface area contributed by atoms with Gasteiger partial charge in [0.05, 0.1) is 0 Å². The second kappa shape index (κ2) is 3.67. The second-order valence-electron chi connectivity index (χ2n) is 2.22. The van der Waals surface area contributed by atoms with E-state index < -0.39 is 0 Å². The molecule has 0 fully saturated rings. The first-order valence-corrected chi connectivity index (χ1v) is 3.34. The van der Waals surface area contributed by atoms with Crippen molar-refractivity contribution in [1.29, 1.82) is 0 Å². The molecule has 9 heavy (non-hydrogen) atoms. The van der Waals surface area contributed by atoms with Crippen LogP contribution in [0.5, 0.6) is 0 Å². The van der Waals surface area contributed by atoms with Gasteiger partial charge < -0.3 is 9.99 Å². The lowest BCUT2D eigenvalue weighted by molar-refractivity contribution is 0.228. The van der Waals surface area contributed by atoms with Gasteiger partial charge in [0, 0.05) is 13.1 Å². The number of rotatable bonds is 1. The SMILES string of the molecule is CC(C)NC(=O)N(C)P. The quantitative estimate of drug-likeness (QED) is 0.549. The number of nitrogens with zero attached hydrogens (tertiary/aromatic N) is 1. The van der Waals surface area contributed by atoms with Crippen molar-refractivity contribution in [3.05, 3.63) is 0 Å². The Morgan fingerprint density at radius 3 is 2.22 bits per heavy atom. The molecule has 3 nitrogen and oxygen atoms in total. The van der Waals surface area contributed by atoms with Crippen molar-refractivity contribution in [2.75, 3.05) is 7.05 Å². The van der Waals surface area contributed by atoms with E-state index in [1.807, 2.05) is 13.8 Å². The Hall–Kier alpha value is -0.300. The maximum atomic E-state index is 10.7. The third-order valence-electron chi connectivity index (χ3n) is 0.732. The molecule has 0 aliphatic heterocycles. The lowest BCUT2D eigenvalue weighted by atomic mass is 10.4. The molecule has 0 aromatic heterocycles. The Kier molecular flexibility index (Phi) is 3.55. The highest BCUT2D eigenvalue weighted by Crippen LogP contribution is 1.92. The summed E-state index contributed by atoms with van der Waals surface area (Å²) >= 11 is 0. The topological polar surface area (TPSA) is 32.3 Å². The number of hydrogen-bond donors (Lipinski definition) is 1. The number of nitrogens with one attached hydrogen (secondary N) is 1. The molecule has 0 aliphatic carbocycles. The molecule has 0 rings (SSSR count). The molecule has 1 unspecified atom stereocenters. The van der Waals surface area contributed by atoms with Crippen LogP contribution in [-0.2, 0) is 0 Å². The fourth-order valence-electron chi connectivity index (χ4n) is 0.349. The standard InChI is InChI=1S/C5H13N2OP/c1-4(2)6-5(8)7(3)9/h4H,9H2,1-3H3,(H,6,8). The average molecular weight is 148 g/mol. The highest BCUT2D eigenvalue weighted by molar-refractivity contribution is 7.14. The first kappa shape index (κ1) is 8.70. The Morgan fingerprint density at radius 2 is 2.11 bits per heavy atom. The van der Waals surface area contributed by atoms with Crippen molar-refractivity contribution in [3.8, 4) is 0 Å². The summed E-state index contributed by atoms with van der Waals surface area (Å²) in [6.07, 6.45) is 0. The number of amides is 2. The van der Waals surface area contributed by atoms with Crippen LogP contribution in [0.3, 0.4) is 0 Å². The van der Waals surface area contributed by atoms with Gasteiger partial charge in [0.25, 0.3) is 0 Å². The molecule has 0 bridgehead atoms. The fraction of sp³-hybridized carbons (Fsp3) is 0.800. The van der Waals surface area contributed by atoms with Crippen molar-refractivity contribution in [1.82, 2.24) is 9.99 Å². The van der Waals surface area contributed by atoms with Gasteiger partial charge in [-0.25, -0.2) is 4.79 Å². The van der Waals surface area contributed by atoms with Gasteiger partial charge >= 0.3 is 6.03 Å². The summed E-state index contributed by atoms with van der Waals surface area (Å²) in [5, 5.41) is 2.71. The van der Waals surface area contributed by atoms with E-state index in [0.717, 1.165) is 0 Å². The third-order valence-corrected chi connectivity index (χ3v) is 0.967. The average Bonchev–Trinajstić information content (AvgIpc) is 1.63. The van der Waals surface area contributed by atoms with Crippen LogP contribution in [0.2, 0.25) is 0 Å². The molecular weight excluding hydrogens is 135 g/mol. The normalized spacial score (nSPS) is 9.44. The second-order valence-corrected chi connectivity index (χ2v) is 2.99. The molecule has 0 saturated carbocycles. The van der Waals surface area contributed by atoms with E-state index in [0.29, 0.717) is 0 Å². The van der Waals surface area contributed by atoms with Crippen molar-refractivity contribution >= 4 is 15.4 Å². The zero-order chi connectivity index (χ0) is 7.44.